The lowest BCUT2D eigenvalue weighted by Crippen LogP contribution is -2.10. The average Bonchev–Trinajstić information content (AvgIpc) is 3.55. The molecular formula is C62H44N2. The molecule has 0 N–H and O–H groups in total. The van der Waals surface area contributed by atoms with Gasteiger partial charge in [-0.15, -0.1) is 0 Å². The lowest BCUT2D eigenvalue weighted by Gasteiger charge is -2.27. The summed E-state index contributed by atoms with van der Waals surface area (Å²) >= 11 is 0. The van der Waals surface area contributed by atoms with Crippen LogP contribution in [0.25, 0.3) is 77.9 Å². The van der Waals surface area contributed by atoms with Gasteiger partial charge in [-0.1, -0.05) is 193 Å². The maximum Gasteiger partial charge on any atom is 0.0540 e. The third kappa shape index (κ3) is 6.34. The SMILES string of the molecule is Cc1ccc2c(c1)-c1ccccc1N(c1ccc(-c3ccc(-c4ccc(-c5ccc(N6c7ccccc7-c7ccc(C)cc7-c7ccccc76)cc5)cc4)cc3)cc1)c1ccccc1-2. The third-order valence-electron chi connectivity index (χ3n) is 13.1. The van der Waals surface area contributed by atoms with Gasteiger partial charge in [0.15, 0.2) is 0 Å². The van der Waals surface area contributed by atoms with Crippen LogP contribution in [-0.2, 0) is 0 Å². The van der Waals surface area contributed by atoms with Crippen LogP contribution in [-0.4, -0.2) is 0 Å². The number of aryl methyl sites for hydroxylation is 2. The Hall–Kier alpha value is -8.20. The van der Waals surface area contributed by atoms with Crippen molar-refractivity contribution < 1.29 is 0 Å². The van der Waals surface area contributed by atoms with Crippen LogP contribution in [0.15, 0.2) is 231 Å². The summed E-state index contributed by atoms with van der Waals surface area (Å²) in [4.78, 5) is 4.83. The summed E-state index contributed by atoms with van der Waals surface area (Å²) in [6, 6.07) is 84.7. The number of para-hydroxylation sites is 4. The molecule has 10 aromatic rings. The Balaban J connectivity index is 0.799. The molecule has 0 spiro atoms. The van der Waals surface area contributed by atoms with Crippen molar-refractivity contribution in [2.75, 3.05) is 9.80 Å². The minimum atomic E-state index is 1.14. The Morgan fingerprint density at radius 3 is 0.766 bits per heavy atom. The first-order valence-corrected chi connectivity index (χ1v) is 22.2. The molecule has 2 heterocycles. The van der Waals surface area contributed by atoms with Crippen molar-refractivity contribution in [2.24, 2.45) is 0 Å². The zero-order valence-electron chi connectivity index (χ0n) is 35.8. The van der Waals surface area contributed by atoms with Crippen molar-refractivity contribution in [3.63, 3.8) is 0 Å². The Morgan fingerprint density at radius 1 is 0.219 bits per heavy atom. The average molecular weight is 817 g/mol. The zero-order chi connectivity index (χ0) is 42.7. The zero-order valence-corrected chi connectivity index (χ0v) is 35.8. The summed E-state index contributed by atoms with van der Waals surface area (Å²) in [6.45, 7) is 4.35. The Bertz CT molecular complexity index is 3150. The number of anilines is 6. The van der Waals surface area contributed by atoms with Crippen LogP contribution >= 0.6 is 0 Å². The Kier molecular flexibility index (Phi) is 8.98. The van der Waals surface area contributed by atoms with Crippen LogP contribution in [0.5, 0.6) is 0 Å². The number of hydrogen-bond acceptors (Lipinski definition) is 2. The molecular weight excluding hydrogens is 773 g/mol. The second kappa shape index (κ2) is 15.3. The van der Waals surface area contributed by atoms with Gasteiger partial charge in [-0.3, -0.25) is 0 Å². The molecule has 12 rings (SSSR count). The quantitative estimate of drug-likeness (QED) is 0.171. The summed E-state index contributed by atoms with van der Waals surface area (Å²) in [5, 5.41) is 0. The van der Waals surface area contributed by atoms with Crippen molar-refractivity contribution in [3.8, 4) is 77.9 Å². The highest BCUT2D eigenvalue weighted by molar-refractivity contribution is 6.04. The summed E-state index contributed by atoms with van der Waals surface area (Å²) in [5.74, 6) is 0. The molecule has 64 heavy (non-hydrogen) atoms. The summed E-state index contributed by atoms with van der Waals surface area (Å²) in [6.07, 6.45) is 0. The predicted octanol–water partition coefficient (Wildman–Crippen LogP) is 17.5. The number of benzene rings is 10. The molecule has 0 amide bonds. The highest BCUT2D eigenvalue weighted by atomic mass is 15.2. The fraction of sp³-hybridized carbons (Fsp3) is 0.0323. The maximum absolute atomic E-state index is 2.42. The van der Waals surface area contributed by atoms with Crippen molar-refractivity contribution in [1.29, 1.82) is 0 Å². The monoisotopic (exact) mass is 816 g/mol. The smallest absolute Gasteiger partial charge is 0.0540 e. The van der Waals surface area contributed by atoms with Crippen LogP contribution in [0.3, 0.4) is 0 Å². The lowest BCUT2D eigenvalue weighted by molar-refractivity contribution is 1.29. The number of hydrogen-bond donors (Lipinski definition) is 0. The highest BCUT2D eigenvalue weighted by Crippen LogP contribution is 2.52. The molecule has 2 heteroatoms. The van der Waals surface area contributed by atoms with Gasteiger partial charge in [0.05, 0.1) is 22.7 Å². The molecule has 2 aliphatic heterocycles. The Morgan fingerprint density at radius 2 is 0.469 bits per heavy atom. The largest absolute Gasteiger partial charge is 0.309 e. The summed E-state index contributed by atoms with van der Waals surface area (Å²) in [5.41, 5.74) is 26.7. The first kappa shape index (κ1) is 37.6. The third-order valence-corrected chi connectivity index (χ3v) is 13.1. The van der Waals surface area contributed by atoms with E-state index < -0.39 is 0 Å². The molecule has 0 saturated heterocycles. The van der Waals surface area contributed by atoms with E-state index in [9.17, 15) is 0 Å². The second-order valence-electron chi connectivity index (χ2n) is 17.1. The van der Waals surface area contributed by atoms with Crippen LogP contribution in [0.4, 0.5) is 34.1 Å². The number of rotatable bonds is 5. The van der Waals surface area contributed by atoms with E-state index in [4.69, 9.17) is 0 Å². The van der Waals surface area contributed by atoms with Gasteiger partial charge in [0, 0.05) is 33.6 Å². The van der Waals surface area contributed by atoms with Gasteiger partial charge in [-0.2, -0.15) is 0 Å². The van der Waals surface area contributed by atoms with Gasteiger partial charge in [-0.25, -0.2) is 0 Å². The van der Waals surface area contributed by atoms with Crippen LogP contribution in [0, 0.1) is 13.8 Å². The van der Waals surface area contributed by atoms with Crippen molar-refractivity contribution >= 4 is 34.1 Å². The molecule has 10 aromatic carbocycles. The van der Waals surface area contributed by atoms with Gasteiger partial charge >= 0.3 is 0 Å². The van der Waals surface area contributed by atoms with Crippen LogP contribution in [0.1, 0.15) is 11.1 Å². The van der Waals surface area contributed by atoms with Crippen molar-refractivity contribution in [3.05, 3.63) is 242 Å². The number of nitrogens with zero attached hydrogens (tertiary/aromatic N) is 2. The number of fused-ring (bicyclic) bond motifs is 10. The first-order valence-electron chi connectivity index (χ1n) is 22.2. The summed E-state index contributed by atoms with van der Waals surface area (Å²) in [7, 11) is 0. The van der Waals surface area contributed by atoms with Crippen molar-refractivity contribution in [1.82, 2.24) is 0 Å². The standard InChI is InChI=1S/C62H44N2/c1-41-19-37-51-53-11-3-7-15-59(53)63(61-17-9-5-13-55(61)57(51)39-41)49-33-29-47(30-34-49)45-25-21-43(22-26-45)44-23-27-46(28-24-44)48-31-35-50(36-32-48)64-60-16-8-4-12-54(60)52-38-20-42(2)40-58(52)56-14-6-10-18-62(56)64/h3-40H,1-2H3. The molecule has 0 unspecified atom stereocenters. The summed E-state index contributed by atoms with van der Waals surface area (Å²) < 4.78 is 0. The normalized spacial score (nSPS) is 12.2. The highest BCUT2D eigenvalue weighted by Gasteiger charge is 2.27. The second-order valence-corrected chi connectivity index (χ2v) is 17.1. The topological polar surface area (TPSA) is 6.48 Å². The van der Waals surface area contributed by atoms with Gasteiger partial charge in [-0.05, 0) is 118 Å². The molecule has 0 aliphatic carbocycles. The molecule has 0 aromatic heterocycles. The predicted molar refractivity (Wildman–Crippen MR) is 270 cm³/mol. The molecule has 0 bridgehead atoms. The van der Waals surface area contributed by atoms with E-state index in [0.717, 1.165) is 11.4 Å². The maximum atomic E-state index is 2.42. The van der Waals surface area contributed by atoms with E-state index in [0.29, 0.717) is 0 Å². The molecule has 2 aliphatic rings. The van der Waals surface area contributed by atoms with Gasteiger partial charge < -0.3 is 9.80 Å². The van der Waals surface area contributed by atoms with Gasteiger partial charge in [0.1, 0.15) is 0 Å². The molecule has 302 valence electrons. The lowest BCUT2D eigenvalue weighted by atomic mass is 9.93. The van der Waals surface area contributed by atoms with Crippen molar-refractivity contribution in [2.45, 2.75) is 13.8 Å². The molecule has 0 atom stereocenters. The minimum Gasteiger partial charge on any atom is -0.309 e. The molecule has 0 saturated carbocycles. The fourth-order valence-electron chi connectivity index (χ4n) is 9.95. The van der Waals surface area contributed by atoms with Crippen LogP contribution < -0.4 is 9.80 Å². The van der Waals surface area contributed by atoms with E-state index >= 15 is 0 Å². The van der Waals surface area contributed by atoms with E-state index in [2.05, 4.69) is 254 Å². The van der Waals surface area contributed by atoms with E-state index in [1.807, 2.05) is 0 Å². The van der Waals surface area contributed by atoms with Gasteiger partial charge in [0.25, 0.3) is 0 Å². The Labute approximate surface area is 375 Å². The first-order chi connectivity index (χ1) is 31.6. The van der Waals surface area contributed by atoms with E-state index in [1.54, 1.807) is 0 Å². The van der Waals surface area contributed by atoms with Crippen LogP contribution in [0.2, 0.25) is 0 Å². The molecule has 0 fully saturated rings. The van der Waals surface area contributed by atoms with Gasteiger partial charge in [0.2, 0.25) is 0 Å². The fourth-order valence-corrected chi connectivity index (χ4v) is 9.95. The minimum absolute atomic E-state index is 1.14. The molecule has 2 nitrogen and oxygen atoms in total. The van der Waals surface area contributed by atoms with E-state index in [-0.39, 0.29) is 0 Å². The van der Waals surface area contributed by atoms with E-state index in [1.165, 1.54) is 112 Å². The molecule has 0 radical (unpaired) electrons.